The van der Waals surface area contributed by atoms with Crippen LogP contribution in [0.25, 0.3) is 0 Å². The van der Waals surface area contributed by atoms with Gasteiger partial charge in [-0.15, -0.1) is 37.9 Å². The molecule has 0 radical (unpaired) electrons. The van der Waals surface area contributed by atoms with Crippen molar-refractivity contribution in [3.05, 3.63) is 17.2 Å². The zero-order valence-corrected chi connectivity index (χ0v) is 9.33. The van der Waals surface area contributed by atoms with Crippen molar-refractivity contribution in [2.45, 2.75) is 14.7 Å². The molecular formula is C8H4O3S3. The third-order valence-corrected chi connectivity index (χ3v) is 3.48. The minimum absolute atomic E-state index is 0.168. The van der Waals surface area contributed by atoms with Crippen LogP contribution in [0.3, 0.4) is 0 Å². The van der Waals surface area contributed by atoms with E-state index in [1.165, 1.54) is 6.07 Å². The molecule has 6 heteroatoms. The smallest absolute Gasteiger partial charge is 0.348 e. The second-order valence-electron chi connectivity index (χ2n) is 2.69. The van der Waals surface area contributed by atoms with Gasteiger partial charge < -0.3 is 4.74 Å². The molecule has 0 atom stereocenters. The van der Waals surface area contributed by atoms with Crippen LogP contribution >= 0.6 is 37.9 Å². The fourth-order valence-corrected chi connectivity index (χ4v) is 2.04. The summed E-state index contributed by atoms with van der Waals surface area (Å²) in [5, 5.41) is 0. The standard InChI is InChI=1S/C8H4O3S3/c9-7-2-1-3(12)5(13)6(14)4(2)8(10)11-7/h1,12-14H. The summed E-state index contributed by atoms with van der Waals surface area (Å²) in [7, 11) is 0. The topological polar surface area (TPSA) is 43.4 Å². The Morgan fingerprint density at radius 2 is 1.64 bits per heavy atom. The summed E-state index contributed by atoms with van der Waals surface area (Å²) >= 11 is 12.3. The molecule has 72 valence electrons. The summed E-state index contributed by atoms with van der Waals surface area (Å²) in [5.74, 6) is -1.34. The number of cyclic esters (lactones) is 2. The molecule has 2 rings (SSSR count). The van der Waals surface area contributed by atoms with Crippen molar-refractivity contribution in [1.82, 2.24) is 0 Å². The molecule has 0 fully saturated rings. The highest BCUT2D eigenvalue weighted by molar-refractivity contribution is 7.85. The average Bonchev–Trinajstić information content (AvgIpc) is 2.38. The molecule has 1 aliphatic heterocycles. The van der Waals surface area contributed by atoms with Crippen LogP contribution in [-0.2, 0) is 4.74 Å². The number of thiol groups is 3. The summed E-state index contributed by atoms with van der Waals surface area (Å²) in [5.41, 5.74) is 0.365. The molecule has 0 amide bonds. The lowest BCUT2D eigenvalue weighted by atomic mass is 10.1. The van der Waals surface area contributed by atoms with Gasteiger partial charge in [0.2, 0.25) is 0 Å². The third-order valence-electron chi connectivity index (χ3n) is 1.86. The van der Waals surface area contributed by atoms with Crippen molar-refractivity contribution < 1.29 is 14.3 Å². The van der Waals surface area contributed by atoms with E-state index in [9.17, 15) is 9.59 Å². The molecule has 14 heavy (non-hydrogen) atoms. The normalized spacial score (nSPS) is 14.2. The van der Waals surface area contributed by atoms with Crippen LogP contribution < -0.4 is 0 Å². The largest absolute Gasteiger partial charge is 0.386 e. The maximum Gasteiger partial charge on any atom is 0.348 e. The number of carbonyl (C=O) groups excluding carboxylic acids is 2. The first-order chi connectivity index (χ1) is 6.52. The molecule has 0 unspecified atom stereocenters. The summed E-state index contributed by atoms with van der Waals surface area (Å²) in [6.07, 6.45) is 0. The van der Waals surface area contributed by atoms with Gasteiger partial charge in [-0.2, -0.15) is 0 Å². The van der Waals surface area contributed by atoms with E-state index in [1.807, 2.05) is 0 Å². The Morgan fingerprint density at radius 1 is 1.00 bits per heavy atom. The minimum atomic E-state index is -0.682. The van der Waals surface area contributed by atoms with Gasteiger partial charge >= 0.3 is 11.9 Å². The van der Waals surface area contributed by atoms with Gasteiger partial charge in [0.1, 0.15) is 0 Å². The average molecular weight is 244 g/mol. The zero-order valence-electron chi connectivity index (χ0n) is 6.64. The van der Waals surface area contributed by atoms with Crippen LogP contribution in [0.2, 0.25) is 0 Å². The van der Waals surface area contributed by atoms with Gasteiger partial charge in [0, 0.05) is 14.7 Å². The van der Waals surface area contributed by atoms with E-state index < -0.39 is 11.9 Å². The fraction of sp³-hybridized carbons (Fsp3) is 0. The maximum atomic E-state index is 11.2. The molecule has 3 nitrogen and oxygen atoms in total. The second-order valence-corrected chi connectivity index (χ2v) is 4.07. The molecule has 1 heterocycles. The molecule has 1 aliphatic rings. The molecule has 0 bridgehead atoms. The predicted molar refractivity (Wildman–Crippen MR) is 57.9 cm³/mol. The number of carbonyl (C=O) groups is 2. The lowest BCUT2D eigenvalue weighted by molar-refractivity contribution is 0.0442. The van der Waals surface area contributed by atoms with E-state index in [-0.39, 0.29) is 11.1 Å². The Kier molecular flexibility index (Phi) is 2.29. The number of hydrogen-bond acceptors (Lipinski definition) is 6. The minimum Gasteiger partial charge on any atom is -0.386 e. The van der Waals surface area contributed by atoms with E-state index in [0.29, 0.717) is 14.7 Å². The highest BCUT2D eigenvalue weighted by Gasteiger charge is 2.33. The molecule has 1 aromatic rings. The van der Waals surface area contributed by atoms with E-state index in [4.69, 9.17) is 0 Å². The van der Waals surface area contributed by atoms with Gasteiger partial charge in [0.25, 0.3) is 0 Å². The van der Waals surface area contributed by atoms with Gasteiger partial charge in [-0.3, -0.25) is 0 Å². The first-order valence-corrected chi connectivity index (χ1v) is 4.91. The lowest BCUT2D eigenvalue weighted by Gasteiger charge is -2.04. The van der Waals surface area contributed by atoms with E-state index in [1.54, 1.807) is 0 Å². The molecule has 0 saturated carbocycles. The van der Waals surface area contributed by atoms with Crippen LogP contribution in [0.5, 0.6) is 0 Å². The first kappa shape index (κ1) is 9.95. The summed E-state index contributed by atoms with van der Waals surface area (Å²) in [4.78, 5) is 23.6. The van der Waals surface area contributed by atoms with Crippen LogP contribution in [-0.4, -0.2) is 11.9 Å². The van der Waals surface area contributed by atoms with Gasteiger partial charge in [-0.25, -0.2) is 9.59 Å². The molecule has 0 saturated heterocycles. The summed E-state index contributed by atoms with van der Waals surface area (Å²) in [6.45, 7) is 0. The van der Waals surface area contributed by atoms with Crippen molar-refractivity contribution in [1.29, 1.82) is 0 Å². The SMILES string of the molecule is O=C1OC(=O)c2c1cc(S)c(S)c2S. The quantitative estimate of drug-likeness (QED) is 0.371. The van der Waals surface area contributed by atoms with Crippen molar-refractivity contribution in [3.8, 4) is 0 Å². The predicted octanol–water partition coefficient (Wildman–Crippen LogP) is 1.86. The van der Waals surface area contributed by atoms with Gasteiger partial charge in [-0.05, 0) is 6.07 Å². The monoisotopic (exact) mass is 244 g/mol. The van der Waals surface area contributed by atoms with Crippen molar-refractivity contribution in [2.24, 2.45) is 0 Å². The Labute approximate surface area is 96.1 Å². The molecule has 0 aliphatic carbocycles. The maximum absolute atomic E-state index is 11.2. The Morgan fingerprint density at radius 3 is 2.29 bits per heavy atom. The van der Waals surface area contributed by atoms with Gasteiger partial charge in [-0.1, -0.05) is 0 Å². The third kappa shape index (κ3) is 1.25. The van der Waals surface area contributed by atoms with Crippen LogP contribution in [0.1, 0.15) is 20.7 Å². The molecule has 0 aromatic heterocycles. The Balaban J connectivity index is 2.82. The zero-order chi connectivity index (χ0) is 10.5. The molecule has 0 N–H and O–H groups in total. The molecule has 1 aromatic carbocycles. The number of esters is 2. The summed E-state index contributed by atoms with van der Waals surface area (Å²) in [6, 6.07) is 1.45. The number of ether oxygens (including phenoxy) is 1. The Bertz CT molecular complexity index is 467. The van der Waals surface area contributed by atoms with Gasteiger partial charge in [0.05, 0.1) is 11.1 Å². The number of hydrogen-bond donors (Lipinski definition) is 3. The van der Waals surface area contributed by atoms with Crippen molar-refractivity contribution in [2.75, 3.05) is 0 Å². The second kappa shape index (κ2) is 3.22. The first-order valence-electron chi connectivity index (χ1n) is 3.56. The summed E-state index contributed by atoms with van der Waals surface area (Å²) < 4.78 is 4.43. The number of fused-ring (bicyclic) bond motifs is 1. The number of rotatable bonds is 0. The van der Waals surface area contributed by atoms with Crippen LogP contribution in [0.4, 0.5) is 0 Å². The van der Waals surface area contributed by atoms with Crippen molar-refractivity contribution in [3.63, 3.8) is 0 Å². The number of benzene rings is 1. The van der Waals surface area contributed by atoms with Crippen LogP contribution in [0.15, 0.2) is 20.8 Å². The van der Waals surface area contributed by atoms with E-state index in [2.05, 4.69) is 42.6 Å². The van der Waals surface area contributed by atoms with Gasteiger partial charge in [0.15, 0.2) is 0 Å². The van der Waals surface area contributed by atoms with Crippen molar-refractivity contribution >= 4 is 49.8 Å². The van der Waals surface area contributed by atoms with Crippen LogP contribution in [0, 0.1) is 0 Å². The Hall–Kier alpha value is -0.590. The highest BCUT2D eigenvalue weighted by Crippen LogP contribution is 2.35. The van der Waals surface area contributed by atoms with E-state index >= 15 is 0 Å². The molecular weight excluding hydrogens is 240 g/mol. The molecule has 0 spiro atoms. The van der Waals surface area contributed by atoms with E-state index in [0.717, 1.165) is 0 Å². The lowest BCUT2D eigenvalue weighted by Crippen LogP contribution is -1.97. The highest BCUT2D eigenvalue weighted by atomic mass is 32.1. The fourth-order valence-electron chi connectivity index (χ4n) is 1.20.